The molecule has 0 aliphatic rings. The molecule has 0 saturated carbocycles. The Kier molecular flexibility index (Phi) is 7.36. The molecule has 0 unspecified atom stereocenters. The first-order valence-corrected chi connectivity index (χ1v) is 11.8. The van der Waals surface area contributed by atoms with Crippen molar-refractivity contribution in [2.45, 2.75) is 57.8 Å². The molecule has 1 aromatic heterocycles. The number of rotatable bonds is 8. The van der Waals surface area contributed by atoms with Crippen LogP contribution in [0.15, 0.2) is 34.5 Å². The Labute approximate surface area is 172 Å². The molecule has 28 heavy (non-hydrogen) atoms. The van der Waals surface area contributed by atoms with Gasteiger partial charge in [-0.05, 0) is 30.7 Å². The van der Waals surface area contributed by atoms with Crippen LogP contribution in [0, 0.1) is 0 Å². The highest BCUT2D eigenvalue weighted by molar-refractivity contribution is 7.89. The summed E-state index contributed by atoms with van der Waals surface area (Å²) < 4.78 is 27.0. The largest absolute Gasteiger partial charge is 0.298 e. The Hall–Kier alpha value is -1.77. The van der Waals surface area contributed by atoms with Crippen molar-refractivity contribution >= 4 is 32.4 Å². The van der Waals surface area contributed by atoms with Gasteiger partial charge in [0.05, 0.1) is 10.6 Å². The van der Waals surface area contributed by atoms with Gasteiger partial charge in [0, 0.05) is 29.4 Å². The third-order valence-corrected chi connectivity index (χ3v) is 7.11. The van der Waals surface area contributed by atoms with E-state index in [9.17, 15) is 13.2 Å². The molecule has 154 valence electrons. The van der Waals surface area contributed by atoms with Crippen molar-refractivity contribution in [1.29, 1.82) is 0 Å². The van der Waals surface area contributed by atoms with Crippen LogP contribution in [0.5, 0.6) is 0 Å². The molecule has 2 rings (SSSR count). The number of aromatic nitrogens is 1. The number of carbonyl (C=O) groups excluding carboxylic acids is 1. The number of anilines is 1. The van der Waals surface area contributed by atoms with E-state index in [4.69, 9.17) is 0 Å². The molecule has 0 aliphatic heterocycles. The second kappa shape index (κ2) is 9.15. The first-order valence-electron chi connectivity index (χ1n) is 9.47. The van der Waals surface area contributed by atoms with Crippen LogP contribution in [0.25, 0.3) is 0 Å². The first kappa shape index (κ1) is 22.5. The van der Waals surface area contributed by atoms with Crippen LogP contribution in [0.2, 0.25) is 0 Å². The summed E-state index contributed by atoms with van der Waals surface area (Å²) in [6.45, 7) is 11.0. The number of unbranched alkanes of at least 4 members (excludes halogenated alkanes) is 1. The summed E-state index contributed by atoms with van der Waals surface area (Å²) in [7, 11) is -3.55. The van der Waals surface area contributed by atoms with Gasteiger partial charge < -0.3 is 0 Å². The second-order valence-corrected chi connectivity index (χ2v) is 10.4. The van der Waals surface area contributed by atoms with E-state index in [0.29, 0.717) is 23.8 Å². The summed E-state index contributed by atoms with van der Waals surface area (Å²) in [5, 5.41) is 5.24. The van der Waals surface area contributed by atoms with Crippen molar-refractivity contribution in [1.82, 2.24) is 9.29 Å². The molecule has 1 heterocycles. The van der Waals surface area contributed by atoms with Crippen molar-refractivity contribution in [3.05, 3.63) is 40.9 Å². The number of nitrogens with one attached hydrogen (secondary N) is 1. The zero-order valence-electron chi connectivity index (χ0n) is 17.2. The van der Waals surface area contributed by atoms with Gasteiger partial charge >= 0.3 is 0 Å². The van der Waals surface area contributed by atoms with E-state index in [0.717, 1.165) is 18.5 Å². The fourth-order valence-electron chi connectivity index (χ4n) is 2.55. The monoisotopic (exact) mass is 423 g/mol. The van der Waals surface area contributed by atoms with E-state index >= 15 is 0 Å². The summed E-state index contributed by atoms with van der Waals surface area (Å²) in [6.07, 6.45) is 1.75. The van der Waals surface area contributed by atoms with Gasteiger partial charge in [-0.15, -0.1) is 11.3 Å². The van der Waals surface area contributed by atoms with E-state index in [2.05, 4.69) is 31.1 Å². The molecule has 0 saturated heterocycles. The Morgan fingerprint density at radius 3 is 2.32 bits per heavy atom. The van der Waals surface area contributed by atoms with Crippen molar-refractivity contribution in [2.75, 3.05) is 18.4 Å². The highest BCUT2D eigenvalue weighted by Gasteiger charge is 2.23. The average molecular weight is 424 g/mol. The lowest BCUT2D eigenvalue weighted by Crippen LogP contribution is -2.31. The highest BCUT2D eigenvalue weighted by atomic mass is 32.2. The van der Waals surface area contributed by atoms with Crippen LogP contribution in [0.4, 0.5) is 5.13 Å². The maximum absolute atomic E-state index is 12.8. The lowest BCUT2D eigenvalue weighted by Gasteiger charge is -2.20. The smallest absolute Gasteiger partial charge is 0.257 e. The minimum Gasteiger partial charge on any atom is -0.298 e. The lowest BCUT2D eigenvalue weighted by atomic mass is 9.93. The molecule has 6 nitrogen and oxygen atoms in total. The number of sulfonamides is 1. The lowest BCUT2D eigenvalue weighted by molar-refractivity contribution is 0.102. The van der Waals surface area contributed by atoms with Gasteiger partial charge in [0.2, 0.25) is 10.0 Å². The standard InChI is InChI=1S/C20H29N3O3S2/c1-6-8-13-23(7-2)28(25,26)16-11-9-15(10-12-16)18(24)22-19-21-17(14-27-19)20(3,4)5/h9-12,14H,6-8,13H2,1-5H3,(H,21,22,24). The predicted octanol–water partition coefficient (Wildman–Crippen LogP) is 4.50. The van der Waals surface area contributed by atoms with Crippen LogP contribution >= 0.6 is 11.3 Å². The number of thiazole rings is 1. The van der Waals surface area contributed by atoms with Gasteiger partial charge in [-0.3, -0.25) is 10.1 Å². The minimum absolute atomic E-state index is 0.0849. The van der Waals surface area contributed by atoms with Gasteiger partial charge in [0.25, 0.3) is 5.91 Å². The Morgan fingerprint density at radius 1 is 1.18 bits per heavy atom. The summed E-state index contributed by atoms with van der Waals surface area (Å²) in [5.41, 5.74) is 1.22. The van der Waals surface area contributed by atoms with Crippen molar-refractivity contribution in [2.24, 2.45) is 0 Å². The Balaban J connectivity index is 2.13. The van der Waals surface area contributed by atoms with Gasteiger partial charge in [-0.25, -0.2) is 13.4 Å². The normalized spacial score (nSPS) is 12.4. The first-order chi connectivity index (χ1) is 13.1. The zero-order chi connectivity index (χ0) is 20.9. The SMILES string of the molecule is CCCCN(CC)S(=O)(=O)c1ccc(C(=O)Nc2nc(C(C)(C)C)cs2)cc1. The van der Waals surface area contributed by atoms with E-state index in [1.54, 1.807) is 0 Å². The van der Waals surface area contributed by atoms with Gasteiger partial charge in [-0.2, -0.15) is 4.31 Å². The molecule has 1 aromatic carbocycles. The number of hydrogen-bond donors (Lipinski definition) is 1. The number of nitrogens with zero attached hydrogens (tertiary/aromatic N) is 2. The second-order valence-electron chi connectivity index (χ2n) is 7.62. The maximum Gasteiger partial charge on any atom is 0.257 e. The molecular weight excluding hydrogens is 394 g/mol. The summed E-state index contributed by atoms with van der Waals surface area (Å²) in [5.74, 6) is -0.308. The highest BCUT2D eigenvalue weighted by Crippen LogP contribution is 2.26. The van der Waals surface area contributed by atoms with Crippen LogP contribution in [-0.4, -0.2) is 36.7 Å². The number of hydrogen-bond acceptors (Lipinski definition) is 5. The summed E-state index contributed by atoms with van der Waals surface area (Å²) in [6, 6.07) is 6.05. The number of benzene rings is 1. The Bertz CT molecular complexity index is 898. The topological polar surface area (TPSA) is 79.4 Å². The molecule has 8 heteroatoms. The molecular formula is C20H29N3O3S2. The third kappa shape index (κ3) is 5.40. The van der Waals surface area contributed by atoms with Gasteiger partial charge in [0.1, 0.15) is 0 Å². The average Bonchev–Trinajstić information content (AvgIpc) is 3.11. The molecule has 0 atom stereocenters. The minimum atomic E-state index is -3.55. The van der Waals surface area contributed by atoms with E-state index < -0.39 is 10.0 Å². The molecule has 0 spiro atoms. The maximum atomic E-state index is 12.8. The van der Waals surface area contributed by atoms with Crippen molar-refractivity contribution < 1.29 is 13.2 Å². The summed E-state index contributed by atoms with van der Waals surface area (Å²) >= 11 is 1.38. The molecule has 2 aromatic rings. The Morgan fingerprint density at radius 2 is 1.82 bits per heavy atom. The van der Waals surface area contributed by atoms with E-state index in [1.807, 2.05) is 19.2 Å². The third-order valence-electron chi connectivity index (χ3n) is 4.36. The molecule has 0 aliphatic carbocycles. The molecule has 1 amide bonds. The summed E-state index contributed by atoms with van der Waals surface area (Å²) in [4.78, 5) is 17.1. The zero-order valence-corrected chi connectivity index (χ0v) is 18.8. The number of amides is 1. The number of carbonyl (C=O) groups is 1. The fraction of sp³-hybridized carbons (Fsp3) is 0.500. The quantitative estimate of drug-likeness (QED) is 0.678. The van der Waals surface area contributed by atoms with E-state index in [1.165, 1.54) is 39.9 Å². The fourth-order valence-corrected chi connectivity index (χ4v) is 4.97. The van der Waals surface area contributed by atoms with Crippen LogP contribution in [0.1, 0.15) is 63.5 Å². The van der Waals surface area contributed by atoms with Gasteiger partial charge in [0.15, 0.2) is 5.13 Å². The van der Waals surface area contributed by atoms with Crippen molar-refractivity contribution in [3.63, 3.8) is 0 Å². The molecule has 0 fully saturated rings. The van der Waals surface area contributed by atoms with Crippen LogP contribution in [0.3, 0.4) is 0 Å². The molecule has 1 N–H and O–H groups in total. The van der Waals surface area contributed by atoms with E-state index in [-0.39, 0.29) is 16.2 Å². The molecule has 0 bridgehead atoms. The van der Waals surface area contributed by atoms with Crippen LogP contribution < -0.4 is 5.32 Å². The van der Waals surface area contributed by atoms with Crippen LogP contribution in [-0.2, 0) is 15.4 Å². The van der Waals surface area contributed by atoms with Crippen molar-refractivity contribution in [3.8, 4) is 0 Å². The van der Waals surface area contributed by atoms with Gasteiger partial charge in [-0.1, -0.05) is 41.0 Å². The predicted molar refractivity (Wildman–Crippen MR) is 115 cm³/mol. The molecule has 0 radical (unpaired) electrons.